The highest BCUT2D eigenvalue weighted by Crippen LogP contribution is 2.11. The maximum Gasteiger partial charge on any atom is 0.224 e. The Kier molecular flexibility index (Phi) is 6.03. The Morgan fingerprint density at radius 3 is 2.32 bits per heavy atom. The molecule has 0 aliphatic rings. The molecular formula is C16H26N2O. The summed E-state index contributed by atoms with van der Waals surface area (Å²) in [4.78, 5) is 11.8. The Morgan fingerprint density at radius 2 is 1.79 bits per heavy atom. The highest BCUT2D eigenvalue weighted by Gasteiger charge is 2.16. The molecule has 0 saturated heterocycles. The first-order valence-corrected chi connectivity index (χ1v) is 7.01. The molecule has 106 valence electrons. The van der Waals surface area contributed by atoms with Crippen molar-refractivity contribution in [1.82, 2.24) is 5.32 Å². The highest BCUT2D eigenvalue weighted by atomic mass is 16.1. The molecule has 0 fully saturated rings. The van der Waals surface area contributed by atoms with Crippen molar-refractivity contribution in [2.75, 3.05) is 13.1 Å². The lowest BCUT2D eigenvalue weighted by molar-refractivity contribution is -0.120. The smallest absolute Gasteiger partial charge is 0.224 e. The second kappa shape index (κ2) is 7.29. The van der Waals surface area contributed by atoms with Crippen molar-refractivity contribution in [2.45, 2.75) is 40.0 Å². The van der Waals surface area contributed by atoms with Gasteiger partial charge in [0.05, 0.1) is 6.42 Å². The predicted molar refractivity (Wildman–Crippen MR) is 80.0 cm³/mol. The number of carbonyl (C=O) groups is 1. The van der Waals surface area contributed by atoms with Gasteiger partial charge in [0.2, 0.25) is 5.91 Å². The molecule has 0 bridgehead atoms. The van der Waals surface area contributed by atoms with Crippen molar-refractivity contribution < 1.29 is 4.79 Å². The van der Waals surface area contributed by atoms with Gasteiger partial charge < -0.3 is 11.1 Å². The summed E-state index contributed by atoms with van der Waals surface area (Å²) >= 11 is 0. The second-order valence-electron chi connectivity index (χ2n) is 5.89. The molecule has 0 saturated carbocycles. The van der Waals surface area contributed by atoms with E-state index in [1.807, 2.05) is 26.0 Å². The SMILES string of the molecule is CCCc1ccc(CC(=O)NCC(C)(C)CN)cc1. The van der Waals surface area contributed by atoms with Gasteiger partial charge in [-0.3, -0.25) is 4.79 Å². The van der Waals surface area contributed by atoms with Gasteiger partial charge in [0.25, 0.3) is 0 Å². The first-order valence-electron chi connectivity index (χ1n) is 7.01. The van der Waals surface area contributed by atoms with Gasteiger partial charge in [0, 0.05) is 6.54 Å². The summed E-state index contributed by atoms with van der Waals surface area (Å²) in [6.45, 7) is 7.45. The van der Waals surface area contributed by atoms with Crippen LogP contribution in [0.5, 0.6) is 0 Å². The van der Waals surface area contributed by atoms with E-state index in [-0.39, 0.29) is 11.3 Å². The van der Waals surface area contributed by atoms with Crippen LogP contribution in [0.2, 0.25) is 0 Å². The lowest BCUT2D eigenvalue weighted by atomic mass is 9.94. The van der Waals surface area contributed by atoms with Crippen LogP contribution in [-0.2, 0) is 17.6 Å². The summed E-state index contributed by atoms with van der Waals surface area (Å²) in [6, 6.07) is 8.29. The molecule has 1 amide bonds. The number of nitrogens with two attached hydrogens (primary N) is 1. The highest BCUT2D eigenvalue weighted by molar-refractivity contribution is 5.78. The van der Waals surface area contributed by atoms with Gasteiger partial charge in [0.1, 0.15) is 0 Å². The standard InChI is InChI=1S/C16H26N2O/c1-4-5-13-6-8-14(9-7-13)10-15(19)18-12-16(2,3)11-17/h6-9H,4-5,10-12,17H2,1-3H3,(H,18,19). The molecule has 0 aliphatic heterocycles. The van der Waals surface area contributed by atoms with Crippen molar-refractivity contribution in [1.29, 1.82) is 0 Å². The molecule has 3 nitrogen and oxygen atoms in total. The molecule has 1 aromatic carbocycles. The number of hydrogen-bond acceptors (Lipinski definition) is 2. The largest absolute Gasteiger partial charge is 0.355 e. The zero-order chi connectivity index (χ0) is 14.3. The van der Waals surface area contributed by atoms with Crippen molar-refractivity contribution in [3.8, 4) is 0 Å². The Balaban J connectivity index is 2.44. The van der Waals surface area contributed by atoms with E-state index in [1.165, 1.54) is 5.56 Å². The molecule has 1 aromatic rings. The van der Waals surface area contributed by atoms with Gasteiger partial charge >= 0.3 is 0 Å². The topological polar surface area (TPSA) is 55.1 Å². The van der Waals surface area contributed by atoms with Crippen molar-refractivity contribution >= 4 is 5.91 Å². The van der Waals surface area contributed by atoms with Gasteiger partial charge in [-0.2, -0.15) is 0 Å². The maximum atomic E-state index is 11.8. The number of benzene rings is 1. The van der Waals surface area contributed by atoms with Crippen LogP contribution < -0.4 is 11.1 Å². The fourth-order valence-electron chi connectivity index (χ4n) is 1.77. The average molecular weight is 262 g/mol. The predicted octanol–water partition coefficient (Wildman–Crippen LogP) is 2.28. The van der Waals surface area contributed by atoms with Gasteiger partial charge in [-0.15, -0.1) is 0 Å². The summed E-state index contributed by atoms with van der Waals surface area (Å²) in [6.07, 6.45) is 2.68. The zero-order valence-electron chi connectivity index (χ0n) is 12.3. The number of rotatable bonds is 7. The van der Waals surface area contributed by atoms with Crippen LogP contribution in [0.15, 0.2) is 24.3 Å². The van der Waals surface area contributed by atoms with Crippen LogP contribution in [0, 0.1) is 5.41 Å². The number of hydrogen-bond donors (Lipinski definition) is 2. The van der Waals surface area contributed by atoms with E-state index in [9.17, 15) is 4.79 Å². The molecule has 0 heterocycles. The van der Waals surface area contributed by atoms with Crippen molar-refractivity contribution in [3.05, 3.63) is 35.4 Å². The van der Waals surface area contributed by atoms with Crippen LogP contribution in [0.4, 0.5) is 0 Å². The van der Waals surface area contributed by atoms with Crippen LogP contribution in [-0.4, -0.2) is 19.0 Å². The fourth-order valence-corrected chi connectivity index (χ4v) is 1.77. The van der Waals surface area contributed by atoms with Crippen molar-refractivity contribution in [2.24, 2.45) is 11.1 Å². The van der Waals surface area contributed by atoms with Crippen LogP contribution in [0.1, 0.15) is 38.3 Å². The minimum absolute atomic E-state index is 0.0410. The van der Waals surface area contributed by atoms with E-state index in [0.717, 1.165) is 18.4 Å². The monoisotopic (exact) mass is 262 g/mol. The summed E-state index contributed by atoms with van der Waals surface area (Å²) in [5.74, 6) is 0.0600. The Bertz CT molecular complexity index is 396. The summed E-state index contributed by atoms with van der Waals surface area (Å²) < 4.78 is 0. The third kappa shape index (κ3) is 5.88. The van der Waals surface area contributed by atoms with E-state index in [0.29, 0.717) is 19.5 Å². The Labute approximate surface area is 116 Å². The molecule has 0 aliphatic carbocycles. The molecule has 0 radical (unpaired) electrons. The van der Waals surface area contributed by atoms with Crippen molar-refractivity contribution in [3.63, 3.8) is 0 Å². The fraction of sp³-hybridized carbons (Fsp3) is 0.562. The third-order valence-electron chi connectivity index (χ3n) is 3.24. The van der Waals surface area contributed by atoms with Gasteiger partial charge in [-0.25, -0.2) is 0 Å². The second-order valence-corrected chi connectivity index (χ2v) is 5.89. The van der Waals surface area contributed by atoms with Crippen LogP contribution in [0.3, 0.4) is 0 Å². The molecule has 0 atom stereocenters. The quantitative estimate of drug-likeness (QED) is 0.792. The van der Waals surface area contributed by atoms with Gasteiger partial charge in [-0.05, 0) is 29.5 Å². The van der Waals surface area contributed by atoms with Gasteiger partial charge in [0.15, 0.2) is 0 Å². The van der Waals surface area contributed by atoms with Gasteiger partial charge in [-0.1, -0.05) is 51.5 Å². The first-order chi connectivity index (χ1) is 8.96. The summed E-state index contributed by atoms with van der Waals surface area (Å²) in [7, 11) is 0. The van der Waals surface area contributed by atoms with Crippen LogP contribution in [0.25, 0.3) is 0 Å². The third-order valence-corrected chi connectivity index (χ3v) is 3.24. The minimum Gasteiger partial charge on any atom is -0.355 e. The maximum absolute atomic E-state index is 11.8. The Hall–Kier alpha value is -1.35. The van der Waals surface area contributed by atoms with E-state index in [2.05, 4.69) is 24.4 Å². The number of aryl methyl sites for hydroxylation is 1. The molecule has 0 aromatic heterocycles. The normalized spacial score (nSPS) is 11.4. The molecule has 0 unspecified atom stereocenters. The molecule has 3 N–H and O–H groups in total. The zero-order valence-corrected chi connectivity index (χ0v) is 12.3. The van der Waals surface area contributed by atoms with E-state index < -0.39 is 0 Å². The lowest BCUT2D eigenvalue weighted by Crippen LogP contribution is -2.39. The molecule has 3 heteroatoms. The molecular weight excluding hydrogens is 236 g/mol. The molecule has 19 heavy (non-hydrogen) atoms. The molecule has 0 spiro atoms. The summed E-state index contributed by atoms with van der Waals surface area (Å²) in [5.41, 5.74) is 7.99. The average Bonchev–Trinajstić information content (AvgIpc) is 2.39. The number of carbonyl (C=O) groups excluding carboxylic acids is 1. The van der Waals surface area contributed by atoms with E-state index >= 15 is 0 Å². The van der Waals surface area contributed by atoms with E-state index in [1.54, 1.807) is 0 Å². The molecule has 1 rings (SSSR count). The number of amides is 1. The number of nitrogens with one attached hydrogen (secondary N) is 1. The Morgan fingerprint density at radius 1 is 1.21 bits per heavy atom. The van der Waals surface area contributed by atoms with E-state index in [4.69, 9.17) is 5.73 Å². The summed E-state index contributed by atoms with van der Waals surface area (Å²) in [5, 5.41) is 2.94. The minimum atomic E-state index is -0.0410. The lowest BCUT2D eigenvalue weighted by Gasteiger charge is -2.22. The first kappa shape index (κ1) is 15.7. The van der Waals surface area contributed by atoms with Crippen LogP contribution >= 0.6 is 0 Å².